The van der Waals surface area contributed by atoms with E-state index in [0.29, 0.717) is 34.7 Å². The van der Waals surface area contributed by atoms with Gasteiger partial charge in [0.1, 0.15) is 11.5 Å². The fourth-order valence-electron chi connectivity index (χ4n) is 6.47. The van der Waals surface area contributed by atoms with Crippen molar-refractivity contribution in [2.45, 2.75) is 38.1 Å². The molecule has 1 aromatic carbocycles. The minimum absolute atomic E-state index is 0.0818. The van der Waals surface area contributed by atoms with Gasteiger partial charge in [0.15, 0.2) is 0 Å². The van der Waals surface area contributed by atoms with Crippen molar-refractivity contribution in [3.05, 3.63) is 47.9 Å². The van der Waals surface area contributed by atoms with Gasteiger partial charge in [-0.05, 0) is 74.1 Å². The summed E-state index contributed by atoms with van der Waals surface area (Å²) in [4.78, 5) is 25.2. The maximum absolute atomic E-state index is 14.2. The van der Waals surface area contributed by atoms with Crippen LogP contribution < -0.4 is 11.1 Å². The molecular weight excluding hydrogens is 369 g/mol. The summed E-state index contributed by atoms with van der Waals surface area (Å²) in [6.07, 6.45) is 4.61. The normalized spacial score (nSPS) is 32.3. The van der Waals surface area contributed by atoms with Crippen LogP contribution >= 0.6 is 0 Å². The number of nitrogens with one attached hydrogen (secondary N) is 1. The first-order valence-corrected chi connectivity index (χ1v) is 10.4. The smallest absolute Gasteiger partial charge is 0.268 e. The molecule has 2 atom stereocenters. The Bertz CT molecular complexity index is 982. The predicted octanol–water partition coefficient (Wildman–Crippen LogP) is 3.24. The van der Waals surface area contributed by atoms with Crippen LogP contribution in [-0.4, -0.2) is 22.4 Å². The predicted molar refractivity (Wildman–Crippen MR) is 107 cm³/mol. The molecule has 0 spiro atoms. The Hall–Kier alpha value is -2.63. The molecule has 1 aromatic heterocycles. The average molecular weight is 395 g/mol. The van der Waals surface area contributed by atoms with Crippen molar-refractivity contribution in [1.82, 2.24) is 9.88 Å². The molecule has 4 fully saturated rings. The van der Waals surface area contributed by atoms with E-state index in [2.05, 4.69) is 5.32 Å². The molecule has 152 valence electrons. The third-order valence-corrected chi connectivity index (χ3v) is 7.60. The molecule has 2 amide bonds. The molecule has 3 N–H and O–H groups in total. The van der Waals surface area contributed by atoms with Gasteiger partial charge in [0.05, 0.1) is 5.69 Å². The molecule has 6 heteroatoms. The molecule has 0 radical (unpaired) electrons. The van der Waals surface area contributed by atoms with Gasteiger partial charge in [0.2, 0.25) is 5.91 Å². The second-order valence-corrected chi connectivity index (χ2v) is 9.26. The Morgan fingerprint density at radius 1 is 1.10 bits per heavy atom. The molecular formula is C23H26FN3O2. The van der Waals surface area contributed by atoms with E-state index in [1.54, 1.807) is 41.9 Å². The zero-order chi connectivity index (χ0) is 20.3. The molecule has 4 aliphatic carbocycles. The summed E-state index contributed by atoms with van der Waals surface area (Å²) in [6, 6.07) is 10.2. The van der Waals surface area contributed by atoms with E-state index < -0.39 is 0 Å². The van der Waals surface area contributed by atoms with Crippen LogP contribution in [0.2, 0.25) is 0 Å². The summed E-state index contributed by atoms with van der Waals surface area (Å²) < 4.78 is 15.9. The second-order valence-electron chi connectivity index (χ2n) is 9.26. The number of amides is 2. The monoisotopic (exact) mass is 395 g/mol. The van der Waals surface area contributed by atoms with E-state index in [9.17, 15) is 14.0 Å². The van der Waals surface area contributed by atoms with E-state index in [4.69, 9.17) is 5.73 Å². The van der Waals surface area contributed by atoms with E-state index in [-0.39, 0.29) is 29.1 Å². The Labute approximate surface area is 169 Å². The number of hydrogen-bond acceptors (Lipinski definition) is 2. The van der Waals surface area contributed by atoms with Crippen LogP contribution in [0.15, 0.2) is 36.4 Å². The summed E-state index contributed by atoms with van der Waals surface area (Å²) in [5.74, 6) is 0.557. The molecule has 4 bridgehead atoms. The molecule has 2 unspecified atom stereocenters. The van der Waals surface area contributed by atoms with Gasteiger partial charge in [-0.3, -0.25) is 9.59 Å². The summed E-state index contributed by atoms with van der Waals surface area (Å²) in [5, 5.41) is 3.25. The van der Waals surface area contributed by atoms with Gasteiger partial charge < -0.3 is 15.6 Å². The van der Waals surface area contributed by atoms with E-state index in [1.165, 1.54) is 6.07 Å². The SMILES string of the molecule is Cn1c(C(=O)N[C@H]2C3CC4CC2C[C@](C(N)=O)(C4)C3)ccc1-c1ccccc1F. The van der Waals surface area contributed by atoms with Crippen LogP contribution in [0.3, 0.4) is 0 Å². The first-order valence-electron chi connectivity index (χ1n) is 10.4. The highest BCUT2D eigenvalue weighted by atomic mass is 19.1. The van der Waals surface area contributed by atoms with Crippen LogP contribution in [0.1, 0.15) is 42.6 Å². The van der Waals surface area contributed by atoms with Gasteiger partial charge in [-0.25, -0.2) is 4.39 Å². The lowest BCUT2D eigenvalue weighted by molar-refractivity contribution is -0.145. The number of nitrogens with two attached hydrogens (primary N) is 1. The third-order valence-electron chi connectivity index (χ3n) is 7.60. The zero-order valence-corrected chi connectivity index (χ0v) is 16.5. The van der Waals surface area contributed by atoms with E-state index in [1.807, 2.05) is 0 Å². The molecule has 4 saturated carbocycles. The number of rotatable bonds is 4. The molecule has 0 saturated heterocycles. The Morgan fingerprint density at radius 2 is 1.79 bits per heavy atom. The summed E-state index contributed by atoms with van der Waals surface area (Å²) in [6.45, 7) is 0. The van der Waals surface area contributed by atoms with Crippen LogP contribution in [0, 0.1) is 29.0 Å². The molecule has 1 heterocycles. The Kier molecular flexibility index (Phi) is 4.09. The van der Waals surface area contributed by atoms with Crippen molar-refractivity contribution in [3.8, 4) is 11.3 Å². The maximum atomic E-state index is 14.2. The van der Waals surface area contributed by atoms with Gasteiger partial charge in [-0.2, -0.15) is 0 Å². The van der Waals surface area contributed by atoms with Crippen molar-refractivity contribution in [1.29, 1.82) is 0 Å². The number of halogens is 1. The van der Waals surface area contributed by atoms with Crippen LogP contribution in [0.5, 0.6) is 0 Å². The number of carbonyl (C=O) groups excluding carboxylic acids is 2. The van der Waals surface area contributed by atoms with E-state index >= 15 is 0 Å². The molecule has 6 rings (SSSR count). The van der Waals surface area contributed by atoms with Crippen LogP contribution in [0.4, 0.5) is 4.39 Å². The average Bonchev–Trinajstić information content (AvgIpc) is 3.05. The fraction of sp³-hybridized carbons (Fsp3) is 0.478. The molecule has 2 aromatic rings. The number of hydrogen-bond donors (Lipinski definition) is 2. The third kappa shape index (κ3) is 2.80. The number of nitrogens with zero attached hydrogens (tertiary/aromatic N) is 1. The van der Waals surface area contributed by atoms with E-state index in [0.717, 1.165) is 32.1 Å². The molecule has 29 heavy (non-hydrogen) atoms. The number of benzene rings is 1. The summed E-state index contributed by atoms with van der Waals surface area (Å²) in [7, 11) is 1.79. The summed E-state index contributed by atoms with van der Waals surface area (Å²) >= 11 is 0. The Balaban J connectivity index is 1.37. The van der Waals surface area contributed by atoms with Gasteiger partial charge in [0, 0.05) is 24.1 Å². The van der Waals surface area contributed by atoms with Gasteiger partial charge >= 0.3 is 0 Å². The minimum Gasteiger partial charge on any atom is -0.369 e. The zero-order valence-electron chi connectivity index (χ0n) is 16.5. The topological polar surface area (TPSA) is 77.1 Å². The lowest BCUT2D eigenvalue weighted by Crippen LogP contribution is -2.62. The van der Waals surface area contributed by atoms with Gasteiger partial charge in [0.25, 0.3) is 5.91 Å². The van der Waals surface area contributed by atoms with Crippen LogP contribution in [0.25, 0.3) is 11.3 Å². The number of carbonyl (C=O) groups is 2. The van der Waals surface area contributed by atoms with Crippen molar-refractivity contribution in [2.24, 2.45) is 36.0 Å². The first kappa shape index (κ1) is 18.4. The lowest BCUT2D eigenvalue weighted by Gasteiger charge is -2.58. The summed E-state index contributed by atoms with van der Waals surface area (Å²) in [5.41, 5.74) is 7.07. The van der Waals surface area contributed by atoms with Crippen molar-refractivity contribution >= 4 is 11.8 Å². The quantitative estimate of drug-likeness (QED) is 0.834. The highest BCUT2D eigenvalue weighted by Crippen LogP contribution is 2.59. The van der Waals surface area contributed by atoms with Crippen molar-refractivity contribution in [2.75, 3.05) is 0 Å². The largest absolute Gasteiger partial charge is 0.369 e. The second kappa shape index (κ2) is 6.44. The van der Waals surface area contributed by atoms with Crippen molar-refractivity contribution in [3.63, 3.8) is 0 Å². The van der Waals surface area contributed by atoms with Gasteiger partial charge in [-0.15, -0.1) is 0 Å². The highest BCUT2D eigenvalue weighted by molar-refractivity contribution is 5.94. The Morgan fingerprint density at radius 3 is 2.45 bits per heavy atom. The highest BCUT2D eigenvalue weighted by Gasteiger charge is 2.58. The lowest BCUT2D eigenvalue weighted by atomic mass is 9.47. The molecule has 0 aliphatic heterocycles. The maximum Gasteiger partial charge on any atom is 0.268 e. The number of primary amides is 1. The molecule has 4 aliphatic rings. The first-order chi connectivity index (χ1) is 13.9. The number of aromatic nitrogens is 1. The fourth-order valence-corrected chi connectivity index (χ4v) is 6.47. The minimum atomic E-state index is -0.360. The van der Waals surface area contributed by atoms with Crippen LogP contribution in [-0.2, 0) is 11.8 Å². The van der Waals surface area contributed by atoms with Gasteiger partial charge in [-0.1, -0.05) is 12.1 Å². The molecule has 5 nitrogen and oxygen atoms in total. The standard InChI is InChI=1S/C23H26FN3O2/c1-27-18(16-4-2-3-5-17(16)24)6-7-19(27)21(28)26-20-14-8-13-9-15(20)12-23(10-13,11-14)22(25)29/h2-7,13-15,20H,8-12H2,1H3,(H2,25,29)(H,26,28)/t13?,14?,15?,20-,23-. The van der Waals surface area contributed by atoms with Crippen molar-refractivity contribution < 1.29 is 14.0 Å².